The molecule has 51 heavy (non-hydrogen) atoms. The Kier molecular flexibility index (Phi) is 7.20. The number of aliphatic hydroxyl groups is 3. The van der Waals surface area contributed by atoms with Crippen molar-refractivity contribution in [2.75, 3.05) is 27.4 Å². The topological polar surface area (TPSA) is 215 Å². The summed E-state index contributed by atoms with van der Waals surface area (Å²) in [5, 5.41) is 37.4. The van der Waals surface area contributed by atoms with Crippen molar-refractivity contribution in [3.05, 3.63) is 24.0 Å². The Bertz CT molecular complexity index is 1660. The van der Waals surface area contributed by atoms with Crippen LogP contribution in [0.25, 0.3) is 0 Å². The third kappa shape index (κ3) is 3.65. The molecule has 16 heteroatoms. The van der Waals surface area contributed by atoms with Crippen molar-refractivity contribution in [3.63, 3.8) is 0 Å². The summed E-state index contributed by atoms with van der Waals surface area (Å²) in [6.07, 6.45) is -3.11. The van der Waals surface area contributed by atoms with Crippen molar-refractivity contribution in [2.45, 2.75) is 107 Å². The minimum Gasteiger partial charge on any atom is -0.469 e. The smallest absolute Gasteiger partial charge is 0.366 e. The van der Waals surface area contributed by atoms with E-state index in [9.17, 15) is 34.5 Å². The number of hydrogen-bond acceptors (Lipinski definition) is 16. The van der Waals surface area contributed by atoms with E-state index in [1.165, 1.54) is 19.3 Å². The lowest BCUT2D eigenvalue weighted by Crippen LogP contribution is -2.79. The number of methoxy groups -OCH3 is 2. The molecule has 7 fully saturated rings. The number of carbonyl (C=O) groups is 4. The second-order valence-corrected chi connectivity index (χ2v) is 15.8. The molecule has 3 N–H and O–H groups in total. The summed E-state index contributed by atoms with van der Waals surface area (Å²) in [4.78, 5) is 54.4. The molecule has 3 aliphatic carbocycles. The van der Waals surface area contributed by atoms with Crippen molar-refractivity contribution in [2.24, 2.45) is 34.0 Å². The van der Waals surface area contributed by atoms with Crippen LogP contribution in [0.2, 0.25) is 0 Å². The van der Waals surface area contributed by atoms with Gasteiger partial charge in [-0.3, -0.25) is 9.59 Å². The lowest BCUT2D eigenvalue weighted by Gasteiger charge is -2.65. The van der Waals surface area contributed by atoms with Gasteiger partial charge in [0.25, 0.3) is 5.79 Å². The van der Waals surface area contributed by atoms with Gasteiger partial charge in [0, 0.05) is 47.5 Å². The van der Waals surface area contributed by atoms with Crippen LogP contribution in [0.5, 0.6) is 0 Å². The van der Waals surface area contributed by atoms with Crippen molar-refractivity contribution < 1.29 is 77.1 Å². The summed E-state index contributed by atoms with van der Waals surface area (Å²) in [5.41, 5.74) is -9.47. The van der Waals surface area contributed by atoms with Crippen LogP contribution in [0.4, 0.5) is 0 Å². The molecule has 16 nitrogen and oxygen atoms in total. The highest BCUT2D eigenvalue weighted by Gasteiger charge is 2.97. The molecule has 3 saturated carbocycles. The van der Waals surface area contributed by atoms with Crippen LogP contribution >= 0.6 is 0 Å². The molecule has 0 unspecified atom stereocenters. The molecule has 8 rings (SSSR count). The van der Waals surface area contributed by atoms with Crippen molar-refractivity contribution in [1.29, 1.82) is 0 Å². The molecule has 2 bridgehead atoms. The van der Waals surface area contributed by atoms with Crippen LogP contribution < -0.4 is 0 Å². The standard InChI is InChI=1S/C35H44O16/c1-8-15(2)24(38)49-18-12-19(48-16(3)36)32(26(39)43-6)13-46-21-22(32)31(18)14-47-34(42,27(40)44-7)25(31)29(4,23(21)37)35-20-11-17(30(35,5)51-35)33(41)9-10-45-28(33)50-20/h8-10,17-23,25,28,37,41-42H,11-14H2,1-7H3/b15-8+/t17-,18+,19+,20-,21-,22-,23+,25+,28+,29+,30-,31+,32+,33+,34-,35+/m1/s1. The van der Waals surface area contributed by atoms with Crippen LogP contribution in [-0.4, -0.2) is 126 Å². The van der Waals surface area contributed by atoms with Gasteiger partial charge < -0.3 is 58.0 Å². The molecule has 280 valence electrons. The predicted molar refractivity (Wildman–Crippen MR) is 164 cm³/mol. The van der Waals surface area contributed by atoms with Crippen LogP contribution in [-0.2, 0) is 61.8 Å². The number of epoxide rings is 1. The molecule has 5 heterocycles. The molecular formula is C35H44O16. The number of carbonyl (C=O) groups excluding carboxylic acids is 4. The fourth-order valence-electron chi connectivity index (χ4n) is 12.2. The molecule has 0 radical (unpaired) electrons. The van der Waals surface area contributed by atoms with Crippen LogP contribution in [0, 0.1) is 34.0 Å². The average Bonchev–Trinajstić information content (AvgIpc) is 3.47. The minimum atomic E-state index is -2.82. The zero-order chi connectivity index (χ0) is 36.9. The van der Waals surface area contributed by atoms with E-state index in [1.54, 1.807) is 33.8 Å². The molecule has 4 saturated heterocycles. The predicted octanol–water partition coefficient (Wildman–Crippen LogP) is -0.203. The van der Waals surface area contributed by atoms with E-state index >= 15 is 0 Å². The molecule has 5 aliphatic heterocycles. The van der Waals surface area contributed by atoms with Crippen LogP contribution in [0.1, 0.15) is 47.5 Å². The Balaban J connectivity index is 1.40. The monoisotopic (exact) mass is 720 g/mol. The van der Waals surface area contributed by atoms with Gasteiger partial charge in [-0.1, -0.05) is 13.0 Å². The molecular weight excluding hydrogens is 676 g/mol. The number of fused-ring (bicyclic) bond motifs is 7. The second-order valence-electron chi connectivity index (χ2n) is 15.8. The zero-order valence-electron chi connectivity index (χ0n) is 29.4. The Hall–Kier alpha value is -3.12. The molecule has 0 amide bonds. The first-order chi connectivity index (χ1) is 23.9. The SMILES string of the molecule is C/C=C(\C)C(=O)O[C@H]1C[C@H](OC(C)=O)[C@@]2(C(=O)OC)CO[C@@H]3[C@@H]2[C@]12CO[C@@](O)(C(=O)OC)[C@H]2[C@@](C)([C@]12O[C@]1(C)[C@H]1C[C@H]2O[C@@H]2OC=C[C@@]21O)[C@H]3O. The van der Waals surface area contributed by atoms with Crippen molar-refractivity contribution in [3.8, 4) is 0 Å². The maximum absolute atomic E-state index is 14.2. The summed E-state index contributed by atoms with van der Waals surface area (Å²) < 4.78 is 54.0. The van der Waals surface area contributed by atoms with Gasteiger partial charge in [0.1, 0.15) is 28.8 Å². The highest BCUT2D eigenvalue weighted by atomic mass is 16.7. The highest BCUT2D eigenvalue weighted by molar-refractivity contribution is 5.88. The van der Waals surface area contributed by atoms with Crippen LogP contribution in [0.15, 0.2) is 24.0 Å². The molecule has 0 aromatic carbocycles. The van der Waals surface area contributed by atoms with E-state index in [0.29, 0.717) is 0 Å². The summed E-state index contributed by atoms with van der Waals surface area (Å²) in [6, 6.07) is 0. The van der Waals surface area contributed by atoms with Gasteiger partial charge in [0.2, 0.25) is 6.29 Å². The normalized spacial score (nSPS) is 53.9. The van der Waals surface area contributed by atoms with E-state index < -0.39 is 130 Å². The average molecular weight is 721 g/mol. The number of hydrogen-bond donors (Lipinski definition) is 3. The van der Waals surface area contributed by atoms with Gasteiger partial charge in [-0.05, 0) is 33.3 Å². The number of ether oxygens (including phenoxy) is 9. The molecule has 0 aromatic rings. The Morgan fingerprint density at radius 3 is 2.31 bits per heavy atom. The first-order valence-electron chi connectivity index (χ1n) is 17.2. The molecule has 16 atom stereocenters. The van der Waals surface area contributed by atoms with E-state index in [0.717, 1.165) is 14.2 Å². The summed E-state index contributed by atoms with van der Waals surface area (Å²) in [6.45, 7) is 6.88. The third-order valence-electron chi connectivity index (χ3n) is 14.1. The highest BCUT2D eigenvalue weighted by Crippen LogP contribution is 2.83. The van der Waals surface area contributed by atoms with Crippen molar-refractivity contribution in [1.82, 2.24) is 0 Å². The third-order valence-corrected chi connectivity index (χ3v) is 14.1. The van der Waals surface area contributed by atoms with E-state index in [-0.39, 0.29) is 18.4 Å². The Labute approximate surface area is 293 Å². The first-order valence-corrected chi connectivity index (χ1v) is 17.2. The van der Waals surface area contributed by atoms with Gasteiger partial charge >= 0.3 is 23.9 Å². The van der Waals surface area contributed by atoms with E-state index in [2.05, 4.69) is 0 Å². The number of rotatable bonds is 6. The summed E-state index contributed by atoms with van der Waals surface area (Å²) in [5.74, 6) is -9.76. The number of aliphatic hydroxyl groups excluding tert-OH is 1. The van der Waals surface area contributed by atoms with E-state index in [4.69, 9.17) is 42.6 Å². The van der Waals surface area contributed by atoms with Gasteiger partial charge in [-0.2, -0.15) is 0 Å². The minimum absolute atomic E-state index is 0.235. The first kappa shape index (κ1) is 34.9. The number of allylic oxidation sites excluding steroid dienone is 1. The number of esters is 4. The van der Waals surface area contributed by atoms with Crippen molar-refractivity contribution >= 4 is 23.9 Å². The largest absolute Gasteiger partial charge is 0.469 e. The zero-order valence-corrected chi connectivity index (χ0v) is 29.4. The van der Waals surface area contributed by atoms with Gasteiger partial charge in [0.05, 0.1) is 52.0 Å². The van der Waals surface area contributed by atoms with E-state index in [1.807, 2.05) is 0 Å². The summed E-state index contributed by atoms with van der Waals surface area (Å²) >= 11 is 0. The maximum atomic E-state index is 14.2. The molecule has 8 aliphatic rings. The molecule has 0 aromatic heterocycles. The lowest BCUT2D eigenvalue weighted by atomic mass is 9.37. The van der Waals surface area contributed by atoms with Gasteiger partial charge in [-0.15, -0.1) is 0 Å². The Morgan fingerprint density at radius 2 is 1.67 bits per heavy atom. The summed E-state index contributed by atoms with van der Waals surface area (Å²) in [7, 11) is 2.23. The van der Waals surface area contributed by atoms with Gasteiger partial charge in [-0.25, -0.2) is 9.59 Å². The fourth-order valence-corrected chi connectivity index (χ4v) is 12.2. The van der Waals surface area contributed by atoms with Gasteiger partial charge in [0.15, 0.2) is 5.60 Å². The maximum Gasteiger partial charge on any atom is 0.366 e. The second kappa shape index (κ2) is 10.5. The molecule has 1 spiro atoms. The van der Waals surface area contributed by atoms with Crippen LogP contribution in [0.3, 0.4) is 0 Å². The fraction of sp³-hybridized carbons (Fsp3) is 0.771. The quantitative estimate of drug-likeness (QED) is 0.140. The lowest BCUT2D eigenvalue weighted by molar-refractivity contribution is -0.314. The Morgan fingerprint density at radius 1 is 0.961 bits per heavy atom.